The van der Waals surface area contributed by atoms with Crippen LogP contribution in [0.15, 0.2) is 60.8 Å². The number of H-pyrrole nitrogens is 2. The van der Waals surface area contributed by atoms with E-state index in [2.05, 4.69) is 41.8 Å². The van der Waals surface area contributed by atoms with Gasteiger partial charge in [0.1, 0.15) is 35.6 Å². The second-order valence-electron chi connectivity index (χ2n) is 15.4. The van der Waals surface area contributed by atoms with E-state index in [0.717, 1.165) is 27.7 Å². The number of nitrogens with one attached hydrogen (secondary N) is 7. The molecule has 0 radical (unpaired) electrons. The van der Waals surface area contributed by atoms with Gasteiger partial charge in [0.25, 0.3) is 11.8 Å². The van der Waals surface area contributed by atoms with Crippen LogP contribution in [0.4, 0.5) is 0 Å². The number of hydrogen-bond donors (Lipinski definition) is 8. The fraction of sp³-hybridized carbons (Fsp3) is 0.439. The molecule has 2 aromatic carbocycles. The Hall–Kier alpha value is -6.23. The molecule has 3 aliphatic rings. The first kappa shape index (κ1) is 41.4. The normalized spacial score (nSPS) is 23.2. The van der Waals surface area contributed by atoms with Gasteiger partial charge in [-0.3, -0.25) is 33.9 Å². The Morgan fingerprint density at radius 1 is 0.983 bits per heavy atom. The van der Waals surface area contributed by atoms with E-state index in [4.69, 9.17) is 4.74 Å². The van der Waals surface area contributed by atoms with Crippen molar-refractivity contribution >= 4 is 46.3 Å². The molecule has 6 atom stereocenters. The molecule has 6 amide bonds. The lowest BCUT2D eigenvalue weighted by molar-refractivity contribution is -0.143. The number of aromatic amines is 2. The molecule has 8 N–H and O–H groups in total. The summed E-state index contributed by atoms with van der Waals surface area (Å²) in [6, 6.07) is 10.4. The second kappa shape index (κ2) is 18.4. The molecule has 308 valence electrons. The van der Waals surface area contributed by atoms with Crippen LogP contribution in [0.2, 0.25) is 0 Å². The van der Waals surface area contributed by atoms with Gasteiger partial charge in [0.05, 0.1) is 6.10 Å². The van der Waals surface area contributed by atoms with E-state index >= 15 is 0 Å². The number of para-hydroxylation sites is 1. The summed E-state index contributed by atoms with van der Waals surface area (Å²) in [5.41, 5.74) is 3.36. The maximum absolute atomic E-state index is 14.8. The van der Waals surface area contributed by atoms with Gasteiger partial charge in [-0.25, -0.2) is 0 Å². The van der Waals surface area contributed by atoms with Crippen molar-refractivity contribution in [3.8, 4) is 5.75 Å². The van der Waals surface area contributed by atoms with Crippen molar-refractivity contribution in [1.29, 1.82) is 0 Å². The minimum Gasteiger partial charge on any atom is -0.484 e. The third kappa shape index (κ3) is 10.2. The number of aromatic nitrogens is 3. The smallest absolute Gasteiger partial charge is 0.272 e. The molecule has 0 unspecified atom stereocenters. The summed E-state index contributed by atoms with van der Waals surface area (Å²) in [4.78, 5) is 86.7. The number of carbonyl (C=O) groups excluding carboxylic acids is 6. The summed E-state index contributed by atoms with van der Waals surface area (Å²) in [7, 11) is 0. The number of carbonyl (C=O) groups is 6. The van der Waals surface area contributed by atoms with Crippen LogP contribution in [0.3, 0.4) is 0 Å². The van der Waals surface area contributed by atoms with E-state index < -0.39 is 78.4 Å². The fourth-order valence-electron chi connectivity index (χ4n) is 7.28. The largest absolute Gasteiger partial charge is 0.484 e. The first-order valence-corrected chi connectivity index (χ1v) is 19.5. The van der Waals surface area contributed by atoms with Crippen molar-refractivity contribution < 1.29 is 38.6 Å². The average molecular weight is 798 g/mol. The number of ether oxygens (including phenoxy) is 1. The zero-order chi connectivity index (χ0) is 41.5. The van der Waals surface area contributed by atoms with Crippen LogP contribution in [0, 0.1) is 5.92 Å². The maximum Gasteiger partial charge on any atom is 0.272 e. The van der Waals surface area contributed by atoms with Gasteiger partial charge in [-0.1, -0.05) is 44.2 Å². The highest BCUT2D eigenvalue weighted by molar-refractivity contribution is 5.97. The quantitative estimate of drug-likeness (QED) is 0.122. The topological polar surface area (TPSA) is 240 Å². The number of fused-ring (bicyclic) bond motifs is 17. The molecule has 0 saturated carbocycles. The van der Waals surface area contributed by atoms with Gasteiger partial charge in [-0.2, -0.15) is 5.10 Å². The van der Waals surface area contributed by atoms with Crippen LogP contribution < -0.4 is 31.3 Å². The Morgan fingerprint density at radius 2 is 1.74 bits per heavy atom. The molecule has 4 aromatic rings. The fourth-order valence-corrected chi connectivity index (χ4v) is 7.28. The molecule has 2 bridgehead atoms. The summed E-state index contributed by atoms with van der Waals surface area (Å²) in [5, 5.41) is 32.2. The molecular formula is C41H51N9O8. The number of aliphatic hydroxyl groups is 1. The van der Waals surface area contributed by atoms with Crippen molar-refractivity contribution in [1.82, 2.24) is 46.7 Å². The van der Waals surface area contributed by atoms with E-state index in [1.54, 1.807) is 36.5 Å². The molecule has 3 aliphatic heterocycles. The lowest BCUT2D eigenvalue weighted by Gasteiger charge is -2.30. The lowest BCUT2D eigenvalue weighted by atomic mass is 10.0. The number of hydrogen-bond acceptors (Lipinski definition) is 9. The Bertz CT molecular complexity index is 2130. The molecule has 7 rings (SSSR count). The van der Waals surface area contributed by atoms with Crippen molar-refractivity contribution in [3.05, 3.63) is 83.3 Å². The molecule has 58 heavy (non-hydrogen) atoms. The summed E-state index contributed by atoms with van der Waals surface area (Å²) < 4.78 is 5.78. The van der Waals surface area contributed by atoms with Crippen molar-refractivity contribution in [2.24, 2.45) is 5.92 Å². The predicted octanol–water partition coefficient (Wildman–Crippen LogP) is 0.638. The van der Waals surface area contributed by atoms with E-state index in [1.807, 2.05) is 38.1 Å². The van der Waals surface area contributed by atoms with Crippen molar-refractivity contribution in [2.75, 3.05) is 19.7 Å². The zero-order valence-corrected chi connectivity index (χ0v) is 33.0. The van der Waals surface area contributed by atoms with Crippen molar-refractivity contribution in [3.63, 3.8) is 0 Å². The standard InChI is InChI=1S/C41H51N9O8/c1-22(2)15-27-17-32(49-48-27)38(54)45-28-18-34-39(55)47-36(24(4)51)40(56)44-23(3)37(53)42-14-13-25-9-11-29(12-10-25)58-21-35(52)46-33(41(57)50(34)20-28)16-26-19-43-31-8-6-5-7-30(26)31/h5-12,17,19,22-24,28,33-34,36,43,51H,13-16,18,20-21H2,1-4H3,(H,42,53)(H,44,56)(H,45,54)(H,46,52)(H,47,55)(H,48,49)/t23-,24+,28-,33+,34-,36-/m0/s1. The van der Waals surface area contributed by atoms with Gasteiger partial charge < -0.3 is 46.3 Å². The summed E-state index contributed by atoms with van der Waals surface area (Å²) in [6.45, 7) is 6.60. The number of nitrogens with zero attached hydrogens (tertiary/aromatic N) is 2. The monoisotopic (exact) mass is 797 g/mol. The Labute approximate surface area is 335 Å². The van der Waals surface area contributed by atoms with E-state index in [1.165, 1.54) is 18.7 Å². The Balaban J connectivity index is 1.32. The minimum atomic E-state index is -1.51. The summed E-state index contributed by atoms with van der Waals surface area (Å²) in [6.07, 6.45) is 1.48. The molecule has 1 fully saturated rings. The van der Waals surface area contributed by atoms with Gasteiger partial charge >= 0.3 is 0 Å². The first-order chi connectivity index (χ1) is 27.7. The SMILES string of the molecule is CC(C)Cc1cc(C(=O)N[C@H]2C[C@H]3C(=O)N[C@@H]([C@@H](C)O)C(=O)N[C@@H](C)C(=O)NCCc4ccc(cc4)OCC(=O)N[C@H](Cc4c[nH]c5ccccc45)C(=O)N3C2)n[nH]1. The summed E-state index contributed by atoms with van der Waals surface area (Å²) >= 11 is 0. The first-order valence-electron chi connectivity index (χ1n) is 19.5. The van der Waals surface area contributed by atoms with Gasteiger partial charge in [-0.15, -0.1) is 0 Å². The van der Waals surface area contributed by atoms with E-state index in [-0.39, 0.29) is 31.6 Å². The molecule has 17 heteroatoms. The van der Waals surface area contributed by atoms with Crippen LogP contribution in [0.25, 0.3) is 10.9 Å². The molecular weight excluding hydrogens is 747 g/mol. The van der Waals surface area contributed by atoms with Gasteiger partial charge in [0.15, 0.2) is 6.61 Å². The number of benzene rings is 2. The molecule has 0 aliphatic carbocycles. The second-order valence-corrected chi connectivity index (χ2v) is 15.4. The van der Waals surface area contributed by atoms with Crippen LogP contribution in [-0.2, 0) is 43.2 Å². The lowest BCUT2D eigenvalue weighted by Crippen LogP contribution is -2.60. The molecule has 2 aromatic heterocycles. The molecule has 1 saturated heterocycles. The molecule has 0 spiro atoms. The Morgan fingerprint density at radius 3 is 2.48 bits per heavy atom. The van der Waals surface area contributed by atoms with Crippen LogP contribution in [-0.4, -0.2) is 117 Å². The van der Waals surface area contributed by atoms with Gasteiger partial charge in [-0.05, 0) is 74.4 Å². The highest BCUT2D eigenvalue weighted by atomic mass is 16.5. The van der Waals surface area contributed by atoms with Gasteiger partial charge in [0.2, 0.25) is 23.6 Å². The summed E-state index contributed by atoms with van der Waals surface area (Å²) in [5.74, 6) is -3.07. The predicted molar refractivity (Wildman–Crippen MR) is 212 cm³/mol. The highest BCUT2D eigenvalue weighted by Gasteiger charge is 2.44. The maximum atomic E-state index is 14.8. The average Bonchev–Trinajstić information content (AvgIpc) is 3.94. The van der Waals surface area contributed by atoms with E-state index in [9.17, 15) is 33.9 Å². The third-order valence-electron chi connectivity index (χ3n) is 10.3. The van der Waals surface area contributed by atoms with E-state index in [0.29, 0.717) is 24.5 Å². The Kier molecular flexibility index (Phi) is 13.1. The third-order valence-corrected chi connectivity index (χ3v) is 10.3. The van der Waals surface area contributed by atoms with Crippen molar-refractivity contribution in [2.45, 2.75) is 89.7 Å². The molecule has 17 nitrogen and oxygen atoms in total. The van der Waals surface area contributed by atoms with Crippen LogP contribution in [0.5, 0.6) is 5.75 Å². The minimum absolute atomic E-state index is 0.0374. The number of amides is 6. The van der Waals surface area contributed by atoms with Crippen LogP contribution >= 0.6 is 0 Å². The molecule has 5 heterocycles. The van der Waals surface area contributed by atoms with Gasteiger partial charge in [0, 0.05) is 48.3 Å². The number of rotatable bonds is 7. The van der Waals surface area contributed by atoms with Crippen LogP contribution in [0.1, 0.15) is 61.4 Å². The zero-order valence-electron chi connectivity index (χ0n) is 33.0. The highest BCUT2D eigenvalue weighted by Crippen LogP contribution is 2.24. The number of aliphatic hydroxyl groups excluding tert-OH is 1.